The molecule has 2 aliphatic heterocycles. The topological polar surface area (TPSA) is 83.5 Å². The van der Waals surface area contributed by atoms with Crippen LogP contribution in [0.15, 0.2) is 47.6 Å². The SMILES string of the molecule is COC(=O)CC1COc2cc(NC(=O)c3ccc(C=NN4CCN(C)CC4)cc3)ccc2C1. The van der Waals surface area contributed by atoms with Crippen molar-refractivity contribution in [2.75, 3.05) is 52.3 Å². The van der Waals surface area contributed by atoms with E-state index in [-0.39, 0.29) is 17.8 Å². The highest BCUT2D eigenvalue weighted by Crippen LogP contribution is 2.31. The molecule has 8 nitrogen and oxygen atoms in total. The zero-order valence-electron chi connectivity index (χ0n) is 19.1. The molecule has 2 aromatic carbocycles. The van der Waals surface area contributed by atoms with E-state index in [0.29, 0.717) is 24.3 Å². The summed E-state index contributed by atoms with van der Waals surface area (Å²) in [6, 6.07) is 13.0. The molecule has 8 heteroatoms. The van der Waals surface area contributed by atoms with E-state index < -0.39 is 0 Å². The molecule has 0 bridgehead atoms. The number of anilines is 1. The number of fused-ring (bicyclic) bond motifs is 1. The molecule has 0 aromatic heterocycles. The molecule has 1 fully saturated rings. The number of methoxy groups -OCH3 is 1. The monoisotopic (exact) mass is 450 g/mol. The summed E-state index contributed by atoms with van der Waals surface area (Å²) in [6.07, 6.45) is 2.92. The number of nitrogens with zero attached hydrogens (tertiary/aromatic N) is 3. The van der Waals surface area contributed by atoms with Gasteiger partial charge in [-0.05, 0) is 42.8 Å². The molecule has 0 aliphatic carbocycles. The Morgan fingerprint density at radius 3 is 2.64 bits per heavy atom. The van der Waals surface area contributed by atoms with Gasteiger partial charge in [0.15, 0.2) is 0 Å². The summed E-state index contributed by atoms with van der Waals surface area (Å²) < 4.78 is 10.6. The highest BCUT2D eigenvalue weighted by molar-refractivity contribution is 6.04. The Kier molecular flexibility index (Phi) is 7.24. The van der Waals surface area contributed by atoms with E-state index in [1.54, 1.807) is 12.1 Å². The maximum Gasteiger partial charge on any atom is 0.305 e. The number of ether oxygens (including phenoxy) is 2. The predicted octanol–water partition coefficient (Wildman–Crippen LogP) is 2.63. The zero-order chi connectivity index (χ0) is 23.2. The van der Waals surface area contributed by atoms with Crippen LogP contribution in [-0.2, 0) is 16.0 Å². The van der Waals surface area contributed by atoms with Crippen molar-refractivity contribution in [2.24, 2.45) is 11.0 Å². The summed E-state index contributed by atoms with van der Waals surface area (Å²) >= 11 is 0. The van der Waals surface area contributed by atoms with Gasteiger partial charge in [0.25, 0.3) is 5.91 Å². The van der Waals surface area contributed by atoms with Gasteiger partial charge in [-0.15, -0.1) is 0 Å². The number of amides is 1. The van der Waals surface area contributed by atoms with Gasteiger partial charge in [0.2, 0.25) is 0 Å². The van der Waals surface area contributed by atoms with Crippen molar-refractivity contribution in [3.8, 4) is 5.75 Å². The summed E-state index contributed by atoms with van der Waals surface area (Å²) in [5, 5.41) is 9.53. The van der Waals surface area contributed by atoms with E-state index in [2.05, 4.69) is 27.4 Å². The first-order chi connectivity index (χ1) is 16.0. The standard InChI is InChI=1S/C25H30N4O4/c1-28-9-11-29(12-10-28)26-16-18-3-5-20(6-4-18)25(31)27-22-8-7-21-13-19(14-24(30)32-2)17-33-23(21)15-22/h3-8,15-16,19H,9-14,17H2,1-2H3,(H,27,31). The van der Waals surface area contributed by atoms with Gasteiger partial charge >= 0.3 is 5.97 Å². The lowest BCUT2D eigenvalue weighted by atomic mass is 9.94. The lowest BCUT2D eigenvalue weighted by Gasteiger charge is -2.30. The van der Waals surface area contributed by atoms with Crippen LogP contribution in [0.25, 0.3) is 0 Å². The van der Waals surface area contributed by atoms with Crippen LogP contribution >= 0.6 is 0 Å². The summed E-state index contributed by atoms with van der Waals surface area (Å²) in [4.78, 5) is 26.5. The van der Waals surface area contributed by atoms with E-state index in [1.165, 1.54) is 7.11 Å². The Morgan fingerprint density at radius 2 is 1.91 bits per heavy atom. The highest BCUT2D eigenvalue weighted by Gasteiger charge is 2.23. The van der Waals surface area contributed by atoms with Crippen LogP contribution in [0.5, 0.6) is 5.75 Å². The van der Waals surface area contributed by atoms with Gasteiger partial charge in [-0.2, -0.15) is 5.10 Å². The zero-order valence-corrected chi connectivity index (χ0v) is 19.1. The van der Waals surface area contributed by atoms with E-state index in [4.69, 9.17) is 9.47 Å². The number of nitrogens with one attached hydrogen (secondary N) is 1. The second kappa shape index (κ2) is 10.5. The Hall–Kier alpha value is -3.39. The molecule has 4 rings (SSSR count). The van der Waals surface area contributed by atoms with Gasteiger partial charge in [-0.3, -0.25) is 14.6 Å². The molecule has 2 heterocycles. The summed E-state index contributed by atoms with van der Waals surface area (Å²) in [7, 11) is 3.51. The minimum absolute atomic E-state index is 0.101. The van der Waals surface area contributed by atoms with E-state index in [0.717, 1.165) is 49.5 Å². The maximum absolute atomic E-state index is 12.7. The average Bonchev–Trinajstić information content (AvgIpc) is 2.84. The van der Waals surface area contributed by atoms with Crippen molar-refractivity contribution in [3.63, 3.8) is 0 Å². The molecule has 33 heavy (non-hydrogen) atoms. The summed E-state index contributed by atoms with van der Waals surface area (Å²) in [6.45, 7) is 4.32. The Morgan fingerprint density at radius 1 is 1.15 bits per heavy atom. The number of carbonyl (C=O) groups is 2. The van der Waals surface area contributed by atoms with Gasteiger partial charge < -0.3 is 19.7 Å². The highest BCUT2D eigenvalue weighted by atomic mass is 16.5. The molecular weight excluding hydrogens is 420 g/mol. The number of benzene rings is 2. The minimum Gasteiger partial charge on any atom is -0.493 e. The van der Waals surface area contributed by atoms with Crippen LogP contribution in [0.3, 0.4) is 0 Å². The first-order valence-corrected chi connectivity index (χ1v) is 11.2. The molecule has 2 aromatic rings. The van der Waals surface area contributed by atoms with Gasteiger partial charge in [-0.25, -0.2) is 0 Å². The molecule has 1 atom stereocenters. The number of esters is 1. The molecule has 1 unspecified atom stereocenters. The van der Waals surface area contributed by atoms with Crippen molar-refractivity contribution in [1.29, 1.82) is 0 Å². The average molecular weight is 451 g/mol. The Bertz CT molecular complexity index is 1010. The molecule has 1 amide bonds. The number of hydrogen-bond acceptors (Lipinski definition) is 7. The number of hydrogen-bond donors (Lipinski definition) is 1. The normalized spacial score (nSPS) is 18.5. The van der Waals surface area contributed by atoms with Crippen molar-refractivity contribution in [3.05, 3.63) is 59.2 Å². The third kappa shape index (κ3) is 6.10. The predicted molar refractivity (Wildman–Crippen MR) is 127 cm³/mol. The second-order valence-corrected chi connectivity index (χ2v) is 8.56. The fourth-order valence-corrected chi connectivity index (χ4v) is 3.95. The van der Waals surface area contributed by atoms with Crippen molar-refractivity contribution in [2.45, 2.75) is 12.8 Å². The van der Waals surface area contributed by atoms with Gasteiger partial charge in [0, 0.05) is 49.4 Å². The van der Waals surface area contributed by atoms with Crippen molar-refractivity contribution >= 4 is 23.8 Å². The number of rotatable bonds is 6. The molecule has 0 spiro atoms. The van der Waals surface area contributed by atoms with Crippen LogP contribution in [0.2, 0.25) is 0 Å². The van der Waals surface area contributed by atoms with Crippen LogP contribution < -0.4 is 10.1 Å². The largest absolute Gasteiger partial charge is 0.493 e. The lowest BCUT2D eigenvalue weighted by molar-refractivity contribution is -0.142. The molecule has 1 saturated heterocycles. The molecule has 2 aliphatic rings. The third-order valence-electron chi connectivity index (χ3n) is 6.01. The first kappa shape index (κ1) is 22.8. The fraction of sp³-hybridized carbons (Fsp3) is 0.400. The van der Waals surface area contributed by atoms with E-state index in [9.17, 15) is 9.59 Å². The first-order valence-electron chi connectivity index (χ1n) is 11.2. The molecule has 1 N–H and O–H groups in total. The minimum atomic E-state index is -0.229. The van der Waals surface area contributed by atoms with Crippen LogP contribution in [0.1, 0.15) is 27.9 Å². The quantitative estimate of drug-likeness (QED) is 0.538. The summed E-state index contributed by atoms with van der Waals surface area (Å²) in [5.41, 5.74) is 3.22. The van der Waals surface area contributed by atoms with Crippen LogP contribution in [0.4, 0.5) is 5.69 Å². The van der Waals surface area contributed by atoms with E-state index in [1.807, 2.05) is 36.5 Å². The smallest absolute Gasteiger partial charge is 0.305 e. The molecule has 0 saturated carbocycles. The fourth-order valence-electron chi connectivity index (χ4n) is 3.95. The lowest BCUT2D eigenvalue weighted by Crippen LogP contribution is -2.41. The van der Waals surface area contributed by atoms with Gasteiger partial charge in [0.1, 0.15) is 5.75 Å². The number of piperazine rings is 1. The van der Waals surface area contributed by atoms with Crippen molar-refractivity contribution < 1.29 is 19.1 Å². The number of likely N-dealkylation sites (N-methyl/N-ethyl adjacent to an activating group) is 1. The Balaban J connectivity index is 1.32. The third-order valence-corrected chi connectivity index (χ3v) is 6.01. The van der Waals surface area contributed by atoms with E-state index >= 15 is 0 Å². The molecule has 0 radical (unpaired) electrons. The van der Waals surface area contributed by atoms with Gasteiger partial charge in [0.05, 0.1) is 26.4 Å². The maximum atomic E-state index is 12.7. The van der Waals surface area contributed by atoms with Crippen LogP contribution in [0, 0.1) is 5.92 Å². The second-order valence-electron chi connectivity index (χ2n) is 8.56. The van der Waals surface area contributed by atoms with Gasteiger partial charge in [-0.1, -0.05) is 18.2 Å². The molecule has 174 valence electrons. The summed E-state index contributed by atoms with van der Waals surface area (Å²) in [5.74, 6) is 0.428. The molecular formula is C25H30N4O4. The van der Waals surface area contributed by atoms with Crippen molar-refractivity contribution in [1.82, 2.24) is 9.91 Å². The Labute approximate surface area is 194 Å². The number of carbonyl (C=O) groups excluding carboxylic acids is 2. The van der Waals surface area contributed by atoms with Crippen LogP contribution in [-0.4, -0.2) is 74.9 Å². The number of hydrazone groups is 1.